The molecule has 1 aromatic heterocycles. The van der Waals surface area contributed by atoms with Crippen LogP contribution in [0.1, 0.15) is 29.9 Å². The molecule has 6 heteroatoms. The van der Waals surface area contributed by atoms with Crippen molar-refractivity contribution in [2.24, 2.45) is 10.7 Å². The molecule has 5 nitrogen and oxygen atoms in total. The molecule has 3 rings (SSSR count). The summed E-state index contributed by atoms with van der Waals surface area (Å²) in [6, 6.07) is 16.6. The molecule has 0 saturated heterocycles. The van der Waals surface area contributed by atoms with E-state index in [1.807, 2.05) is 49.4 Å². The molecule has 0 spiro atoms. The number of halogens is 1. The lowest BCUT2D eigenvalue weighted by atomic mass is 9.94. The van der Waals surface area contributed by atoms with Gasteiger partial charge < -0.3 is 15.6 Å². The highest BCUT2D eigenvalue weighted by Gasteiger charge is 2.16. The van der Waals surface area contributed by atoms with Gasteiger partial charge in [-0.3, -0.25) is 4.99 Å². The van der Waals surface area contributed by atoms with Gasteiger partial charge in [0.25, 0.3) is 0 Å². The van der Waals surface area contributed by atoms with Gasteiger partial charge in [0.1, 0.15) is 5.82 Å². The topological polar surface area (TPSA) is 76.4 Å². The number of nitrogens with two attached hydrogens (primary N) is 1. The number of rotatable bonds is 5. The third-order valence-corrected chi connectivity index (χ3v) is 4.28. The van der Waals surface area contributed by atoms with E-state index >= 15 is 0 Å². The Kier molecular flexibility index (Phi) is 5.31. The maximum atomic E-state index is 14.6. The van der Waals surface area contributed by atoms with Crippen molar-refractivity contribution in [1.29, 1.82) is 0 Å². The van der Waals surface area contributed by atoms with E-state index in [4.69, 9.17) is 10.3 Å². The summed E-state index contributed by atoms with van der Waals surface area (Å²) in [5.74, 6) is 0.622. The van der Waals surface area contributed by atoms with Crippen LogP contribution in [-0.2, 0) is 6.54 Å². The first-order valence-corrected chi connectivity index (χ1v) is 8.35. The quantitative estimate of drug-likeness (QED) is 0.543. The van der Waals surface area contributed by atoms with E-state index in [0.717, 1.165) is 16.8 Å². The van der Waals surface area contributed by atoms with E-state index in [-0.39, 0.29) is 11.7 Å². The molecule has 2 aromatic carbocycles. The first kappa shape index (κ1) is 17.7. The Morgan fingerprint density at radius 1 is 1.23 bits per heavy atom. The van der Waals surface area contributed by atoms with Crippen LogP contribution in [0, 0.1) is 5.82 Å². The number of nitrogens with one attached hydrogen (secondary N) is 1. The van der Waals surface area contributed by atoms with Gasteiger partial charge in [-0.05, 0) is 17.2 Å². The van der Waals surface area contributed by atoms with Gasteiger partial charge in [-0.2, -0.15) is 0 Å². The number of benzene rings is 2. The summed E-state index contributed by atoms with van der Waals surface area (Å²) in [7, 11) is 1.60. The average molecular weight is 352 g/mol. The smallest absolute Gasteiger partial charge is 0.188 e. The van der Waals surface area contributed by atoms with Crippen LogP contribution in [0.2, 0.25) is 0 Å². The standard InChI is InChI=1S/C20H21FN4O/c1-13(19-11-16(26-25-19)12-24-20(22)23-2)15-8-9-17(18(21)10-15)14-6-4-3-5-7-14/h3-11,13H,12H2,1-2H3,(H3,22,23,24). The average Bonchev–Trinajstić information content (AvgIpc) is 3.15. The van der Waals surface area contributed by atoms with E-state index in [1.54, 1.807) is 19.2 Å². The van der Waals surface area contributed by atoms with Gasteiger partial charge in [0.15, 0.2) is 11.7 Å². The SMILES string of the molecule is CN=C(N)NCc1cc(C(C)c2ccc(-c3ccccc3)c(F)c2)no1. The van der Waals surface area contributed by atoms with Crippen molar-refractivity contribution >= 4 is 5.96 Å². The maximum absolute atomic E-state index is 14.6. The van der Waals surface area contributed by atoms with Gasteiger partial charge in [0, 0.05) is 24.6 Å². The van der Waals surface area contributed by atoms with Crippen LogP contribution in [0.15, 0.2) is 64.1 Å². The monoisotopic (exact) mass is 352 g/mol. The van der Waals surface area contributed by atoms with E-state index in [0.29, 0.717) is 23.8 Å². The number of nitrogens with zero attached hydrogens (tertiary/aromatic N) is 2. The number of guanidine groups is 1. The van der Waals surface area contributed by atoms with Crippen molar-refractivity contribution in [3.63, 3.8) is 0 Å². The zero-order valence-electron chi connectivity index (χ0n) is 14.7. The minimum absolute atomic E-state index is 0.0935. The third-order valence-electron chi connectivity index (χ3n) is 4.28. The van der Waals surface area contributed by atoms with Crippen molar-refractivity contribution in [1.82, 2.24) is 10.5 Å². The fourth-order valence-corrected chi connectivity index (χ4v) is 2.70. The molecule has 0 saturated carbocycles. The predicted molar refractivity (Wildman–Crippen MR) is 100 cm³/mol. The highest BCUT2D eigenvalue weighted by molar-refractivity contribution is 5.77. The molecular weight excluding hydrogens is 331 g/mol. The van der Waals surface area contributed by atoms with E-state index in [9.17, 15) is 4.39 Å². The Bertz CT molecular complexity index is 905. The summed E-state index contributed by atoms with van der Waals surface area (Å²) in [5, 5.41) is 7.00. The molecule has 0 amide bonds. The lowest BCUT2D eigenvalue weighted by Gasteiger charge is -2.11. The van der Waals surface area contributed by atoms with Crippen molar-refractivity contribution in [3.05, 3.63) is 77.4 Å². The molecule has 1 heterocycles. The molecule has 3 N–H and O–H groups in total. The molecule has 3 aromatic rings. The van der Waals surface area contributed by atoms with Crippen molar-refractivity contribution in [2.45, 2.75) is 19.4 Å². The van der Waals surface area contributed by atoms with Gasteiger partial charge in [-0.1, -0.05) is 54.5 Å². The largest absolute Gasteiger partial charge is 0.370 e. The molecule has 0 radical (unpaired) electrons. The summed E-state index contributed by atoms with van der Waals surface area (Å²) in [4.78, 5) is 3.82. The molecule has 0 fully saturated rings. The van der Waals surface area contributed by atoms with Gasteiger partial charge in [-0.15, -0.1) is 0 Å². The Morgan fingerprint density at radius 3 is 2.69 bits per heavy atom. The lowest BCUT2D eigenvalue weighted by Crippen LogP contribution is -2.30. The minimum atomic E-state index is -0.252. The van der Waals surface area contributed by atoms with Crippen LogP contribution in [0.4, 0.5) is 4.39 Å². The molecule has 1 unspecified atom stereocenters. The van der Waals surface area contributed by atoms with Gasteiger partial charge in [0.05, 0.1) is 12.2 Å². The number of hydrogen-bond donors (Lipinski definition) is 2. The fourth-order valence-electron chi connectivity index (χ4n) is 2.70. The number of aliphatic imine (C=N–C) groups is 1. The van der Waals surface area contributed by atoms with Gasteiger partial charge in [0.2, 0.25) is 0 Å². The second-order valence-corrected chi connectivity index (χ2v) is 6.01. The normalized spacial score (nSPS) is 12.8. The first-order valence-electron chi connectivity index (χ1n) is 8.35. The highest BCUT2D eigenvalue weighted by Crippen LogP contribution is 2.29. The fraction of sp³-hybridized carbons (Fsp3) is 0.200. The van der Waals surface area contributed by atoms with Crippen LogP contribution in [0.5, 0.6) is 0 Å². The van der Waals surface area contributed by atoms with E-state index in [1.165, 1.54) is 0 Å². The lowest BCUT2D eigenvalue weighted by molar-refractivity contribution is 0.373. The van der Waals surface area contributed by atoms with E-state index in [2.05, 4.69) is 15.5 Å². The van der Waals surface area contributed by atoms with Crippen LogP contribution in [-0.4, -0.2) is 18.2 Å². The van der Waals surface area contributed by atoms with Crippen molar-refractivity contribution < 1.29 is 8.91 Å². The maximum Gasteiger partial charge on any atom is 0.188 e. The predicted octanol–water partition coefficient (Wildman–Crippen LogP) is 3.67. The zero-order valence-corrected chi connectivity index (χ0v) is 14.7. The zero-order chi connectivity index (χ0) is 18.5. The Morgan fingerprint density at radius 2 is 2.00 bits per heavy atom. The van der Waals surface area contributed by atoms with Crippen molar-refractivity contribution in [3.8, 4) is 11.1 Å². The summed E-state index contributed by atoms with van der Waals surface area (Å²) in [5.41, 5.74) is 8.61. The Labute approximate surface area is 151 Å². The molecule has 26 heavy (non-hydrogen) atoms. The summed E-state index contributed by atoms with van der Waals surface area (Å²) < 4.78 is 19.9. The van der Waals surface area contributed by atoms with Gasteiger partial charge in [-0.25, -0.2) is 4.39 Å². The summed E-state index contributed by atoms with van der Waals surface area (Å²) >= 11 is 0. The highest BCUT2D eigenvalue weighted by atomic mass is 19.1. The Hall–Kier alpha value is -3.15. The van der Waals surface area contributed by atoms with Crippen LogP contribution in [0.25, 0.3) is 11.1 Å². The van der Waals surface area contributed by atoms with Crippen LogP contribution >= 0.6 is 0 Å². The minimum Gasteiger partial charge on any atom is -0.370 e. The number of hydrogen-bond acceptors (Lipinski definition) is 3. The molecular formula is C20H21FN4O. The first-order chi connectivity index (χ1) is 12.6. The molecule has 1 atom stereocenters. The second kappa shape index (κ2) is 7.82. The van der Waals surface area contributed by atoms with Crippen LogP contribution < -0.4 is 11.1 Å². The van der Waals surface area contributed by atoms with Crippen LogP contribution in [0.3, 0.4) is 0 Å². The molecule has 0 aliphatic carbocycles. The molecule has 134 valence electrons. The summed E-state index contributed by atoms with van der Waals surface area (Å²) in [6.07, 6.45) is 0. The number of aromatic nitrogens is 1. The second-order valence-electron chi connectivity index (χ2n) is 6.01. The van der Waals surface area contributed by atoms with Crippen molar-refractivity contribution in [2.75, 3.05) is 7.05 Å². The molecule has 0 bridgehead atoms. The third kappa shape index (κ3) is 3.91. The molecule has 0 aliphatic heterocycles. The molecule has 0 aliphatic rings. The summed E-state index contributed by atoms with van der Waals surface area (Å²) in [6.45, 7) is 2.36. The van der Waals surface area contributed by atoms with Gasteiger partial charge >= 0.3 is 0 Å². The Balaban J connectivity index is 1.77. The van der Waals surface area contributed by atoms with E-state index < -0.39 is 0 Å².